The minimum Gasteiger partial charge on any atom is -0.338 e. The molecule has 0 spiro atoms. The molecule has 1 aromatic heterocycles. The summed E-state index contributed by atoms with van der Waals surface area (Å²) in [6.07, 6.45) is 9.40. The highest BCUT2D eigenvalue weighted by Gasteiger charge is 2.26. The fourth-order valence-corrected chi connectivity index (χ4v) is 3.77. The largest absolute Gasteiger partial charge is 0.338 e. The number of hydrogen-bond acceptors (Lipinski definition) is 2. The van der Waals surface area contributed by atoms with Crippen molar-refractivity contribution in [2.45, 2.75) is 58.0 Å². The van der Waals surface area contributed by atoms with Crippen LogP contribution in [0.2, 0.25) is 0 Å². The summed E-state index contributed by atoms with van der Waals surface area (Å²) in [5.74, 6) is 0.838. The lowest BCUT2D eigenvalue weighted by atomic mass is 9.99. The van der Waals surface area contributed by atoms with Gasteiger partial charge in [0.2, 0.25) is 0 Å². The zero-order valence-corrected chi connectivity index (χ0v) is 16.0. The maximum atomic E-state index is 13.6. The van der Waals surface area contributed by atoms with E-state index in [-0.39, 0.29) is 17.9 Å². The van der Waals surface area contributed by atoms with Crippen LogP contribution < -0.4 is 5.32 Å². The summed E-state index contributed by atoms with van der Waals surface area (Å²) in [5, 5.41) is 3.02. The summed E-state index contributed by atoms with van der Waals surface area (Å²) in [7, 11) is 0. The number of aromatic nitrogens is 2. The first kappa shape index (κ1) is 19.4. The van der Waals surface area contributed by atoms with Crippen LogP contribution in [0, 0.1) is 12.7 Å². The number of carbonyl (C=O) groups is 1. The maximum Gasteiger partial charge on any atom is 0.317 e. The van der Waals surface area contributed by atoms with E-state index in [1.165, 1.54) is 12.5 Å². The molecule has 6 heteroatoms. The van der Waals surface area contributed by atoms with E-state index < -0.39 is 0 Å². The van der Waals surface area contributed by atoms with Crippen molar-refractivity contribution in [3.8, 4) is 0 Å². The van der Waals surface area contributed by atoms with Crippen LogP contribution in [0.1, 0.15) is 43.5 Å². The molecule has 3 rings (SSSR count). The summed E-state index contributed by atoms with van der Waals surface area (Å²) in [5.41, 5.74) is 0.707. The molecule has 1 fully saturated rings. The fraction of sp³-hybridized carbons (Fsp3) is 0.524. The van der Waals surface area contributed by atoms with Crippen molar-refractivity contribution >= 4 is 6.03 Å². The zero-order valence-electron chi connectivity index (χ0n) is 16.0. The lowest BCUT2D eigenvalue weighted by Crippen LogP contribution is -2.49. The van der Waals surface area contributed by atoms with Gasteiger partial charge in [0.15, 0.2) is 0 Å². The molecule has 0 bridgehead atoms. The normalized spacial score (nSPS) is 17.1. The molecule has 2 aromatic rings. The number of benzene rings is 1. The molecule has 1 saturated heterocycles. The lowest BCUT2D eigenvalue weighted by Gasteiger charge is -2.36. The molecule has 27 heavy (non-hydrogen) atoms. The highest BCUT2D eigenvalue weighted by molar-refractivity contribution is 5.74. The summed E-state index contributed by atoms with van der Waals surface area (Å²) in [6, 6.07) is 7.10. The number of aryl methyl sites for hydroxylation is 3. The van der Waals surface area contributed by atoms with Crippen LogP contribution >= 0.6 is 0 Å². The topological polar surface area (TPSA) is 50.2 Å². The van der Waals surface area contributed by atoms with Crippen LogP contribution in [0.5, 0.6) is 0 Å². The summed E-state index contributed by atoms with van der Waals surface area (Å²) in [6.45, 7) is 4.26. The molecule has 1 aliphatic rings. The molecule has 0 saturated carbocycles. The van der Waals surface area contributed by atoms with E-state index in [0.29, 0.717) is 18.5 Å². The molecule has 2 amide bonds. The average molecular weight is 372 g/mol. The van der Waals surface area contributed by atoms with Gasteiger partial charge in [0.05, 0.1) is 0 Å². The van der Waals surface area contributed by atoms with Gasteiger partial charge in [-0.25, -0.2) is 14.2 Å². The Morgan fingerprint density at radius 2 is 2.19 bits per heavy atom. The van der Waals surface area contributed by atoms with Crippen molar-refractivity contribution < 1.29 is 9.18 Å². The van der Waals surface area contributed by atoms with Gasteiger partial charge < -0.3 is 14.8 Å². The summed E-state index contributed by atoms with van der Waals surface area (Å²) >= 11 is 0. The molecule has 1 atom stereocenters. The second-order valence-corrected chi connectivity index (χ2v) is 7.23. The number of halogens is 1. The Morgan fingerprint density at radius 1 is 1.33 bits per heavy atom. The third kappa shape index (κ3) is 5.31. The average Bonchev–Trinajstić information content (AvgIpc) is 3.10. The van der Waals surface area contributed by atoms with Gasteiger partial charge in [0.25, 0.3) is 0 Å². The van der Waals surface area contributed by atoms with Crippen LogP contribution in [0.25, 0.3) is 0 Å². The number of likely N-dealkylation sites (tertiary alicyclic amines) is 1. The van der Waals surface area contributed by atoms with E-state index in [2.05, 4.69) is 14.9 Å². The van der Waals surface area contributed by atoms with Crippen molar-refractivity contribution in [1.82, 2.24) is 19.8 Å². The minimum atomic E-state index is -0.172. The quantitative estimate of drug-likeness (QED) is 0.749. The first-order chi connectivity index (χ1) is 13.1. The van der Waals surface area contributed by atoms with Gasteiger partial charge in [-0.3, -0.25) is 0 Å². The molecule has 1 aliphatic heterocycles. The Balaban J connectivity index is 1.45. The molecule has 0 radical (unpaired) electrons. The SMILES string of the molecule is Cc1nccn1CC[C@@H]1CCCCN1C(=O)NCCCc1ccccc1F. The maximum absolute atomic E-state index is 13.6. The predicted octanol–water partition coefficient (Wildman–Crippen LogP) is 3.92. The number of urea groups is 1. The fourth-order valence-electron chi connectivity index (χ4n) is 3.77. The Bertz CT molecular complexity index is 745. The van der Waals surface area contributed by atoms with E-state index in [4.69, 9.17) is 0 Å². The third-order valence-electron chi connectivity index (χ3n) is 5.37. The molecular weight excluding hydrogens is 343 g/mol. The monoisotopic (exact) mass is 372 g/mol. The van der Waals surface area contributed by atoms with E-state index in [9.17, 15) is 9.18 Å². The number of carbonyl (C=O) groups excluding carboxylic acids is 1. The highest BCUT2D eigenvalue weighted by atomic mass is 19.1. The van der Waals surface area contributed by atoms with Gasteiger partial charge >= 0.3 is 6.03 Å². The number of hydrogen-bond donors (Lipinski definition) is 1. The van der Waals surface area contributed by atoms with E-state index in [1.54, 1.807) is 12.1 Å². The minimum absolute atomic E-state index is 0.00980. The second kappa shape index (κ2) is 9.53. The third-order valence-corrected chi connectivity index (χ3v) is 5.37. The highest BCUT2D eigenvalue weighted by Crippen LogP contribution is 2.20. The Hall–Kier alpha value is -2.37. The molecular formula is C21H29FN4O. The van der Waals surface area contributed by atoms with Gasteiger partial charge in [-0.15, -0.1) is 0 Å². The van der Waals surface area contributed by atoms with Gasteiger partial charge in [-0.1, -0.05) is 18.2 Å². The van der Waals surface area contributed by atoms with Gasteiger partial charge in [0.1, 0.15) is 11.6 Å². The van der Waals surface area contributed by atoms with Crippen molar-refractivity contribution in [3.05, 3.63) is 53.9 Å². The summed E-state index contributed by atoms with van der Waals surface area (Å²) in [4.78, 5) is 18.9. The smallest absolute Gasteiger partial charge is 0.317 e. The van der Waals surface area contributed by atoms with Crippen LogP contribution in [0.15, 0.2) is 36.7 Å². The lowest BCUT2D eigenvalue weighted by molar-refractivity contribution is 0.144. The Kier molecular flexibility index (Phi) is 6.85. The van der Waals surface area contributed by atoms with Crippen LogP contribution in [-0.4, -0.2) is 39.6 Å². The molecule has 0 aliphatic carbocycles. The molecule has 146 valence electrons. The molecule has 1 N–H and O–H groups in total. The van der Waals surface area contributed by atoms with Crippen molar-refractivity contribution in [3.63, 3.8) is 0 Å². The van der Waals surface area contributed by atoms with Gasteiger partial charge in [-0.2, -0.15) is 0 Å². The van der Waals surface area contributed by atoms with E-state index >= 15 is 0 Å². The molecule has 2 heterocycles. The first-order valence-electron chi connectivity index (χ1n) is 9.91. The number of nitrogens with zero attached hydrogens (tertiary/aromatic N) is 3. The van der Waals surface area contributed by atoms with Crippen LogP contribution in [0.4, 0.5) is 9.18 Å². The van der Waals surface area contributed by atoms with E-state index in [0.717, 1.165) is 44.6 Å². The standard InChI is InChI=1S/C21H29FN4O/c1-17-23-13-16-25(17)15-11-19-9-4-5-14-26(19)21(27)24-12-6-8-18-7-2-3-10-20(18)22/h2-3,7,10,13,16,19H,4-6,8-9,11-12,14-15H2,1H3,(H,24,27)/t19-/m0/s1. The van der Waals surface area contributed by atoms with Crippen molar-refractivity contribution in [2.75, 3.05) is 13.1 Å². The number of nitrogens with one attached hydrogen (secondary N) is 1. The Morgan fingerprint density at radius 3 is 2.96 bits per heavy atom. The number of imidazole rings is 1. The van der Waals surface area contributed by atoms with Crippen molar-refractivity contribution in [1.29, 1.82) is 0 Å². The molecule has 5 nitrogen and oxygen atoms in total. The van der Waals surface area contributed by atoms with Gasteiger partial charge in [0, 0.05) is 38.1 Å². The predicted molar refractivity (Wildman–Crippen MR) is 104 cm³/mol. The Labute approximate surface area is 160 Å². The number of piperidine rings is 1. The molecule has 0 unspecified atom stereocenters. The first-order valence-corrected chi connectivity index (χ1v) is 9.91. The summed E-state index contributed by atoms with van der Waals surface area (Å²) < 4.78 is 15.8. The molecule has 1 aromatic carbocycles. The zero-order chi connectivity index (χ0) is 19.1. The van der Waals surface area contributed by atoms with Crippen LogP contribution in [0.3, 0.4) is 0 Å². The van der Waals surface area contributed by atoms with Gasteiger partial charge in [-0.05, 0) is 57.1 Å². The van der Waals surface area contributed by atoms with E-state index in [1.807, 2.05) is 30.3 Å². The number of rotatable bonds is 7. The van der Waals surface area contributed by atoms with Crippen LogP contribution in [-0.2, 0) is 13.0 Å². The number of amides is 2. The second-order valence-electron chi connectivity index (χ2n) is 7.23. The van der Waals surface area contributed by atoms with Crippen molar-refractivity contribution in [2.24, 2.45) is 0 Å².